The van der Waals surface area contributed by atoms with Crippen molar-refractivity contribution in [2.45, 2.75) is 19.9 Å². The van der Waals surface area contributed by atoms with Gasteiger partial charge in [0.25, 0.3) is 0 Å². The van der Waals surface area contributed by atoms with Crippen molar-refractivity contribution in [2.24, 2.45) is 0 Å². The van der Waals surface area contributed by atoms with E-state index in [4.69, 9.17) is 4.74 Å². The molecular formula is C10H15N3O2. The minimum Gasteiger partial charge on any atom is -0.466 e. The summed E-state index contributed by atoms with van der Waals surface area (Å²) in [6, 6.07) is 3.71. The van der Waals surface area contributed by atoms with Gasteiger partial charge < -0.3 is 10.1 Å². The maximum Gasteiger partial charge on any atom is 0.307 e. The normalized spacial score (nSPS) is 9.93. The molecule has 1 rings (SSSR count). The van der Waals surface area contributed by atoms with Gasteiger partial charge in [-0.2, -0.15) is 10.2 Å². The van der Waals surface area contributed by atoms with Crippen LogP contribution in [-0.4, -0.2) is 29.3 Å². The average molecular weight is 209 g/mol. The second-order valence-electron chi connectivity index (χ2n) is 2.95. The number of esters is 1. The highest BCUT2D eigenvalue weighted by Crippen LogP contribution is 1.90. The molecule has 0 spiro atoms. The number of hydrogen-bond acceptors (Lipinski definition) is 5. The molecule has 5 nitrogen and oxygen atoms in total. The molecule has 5 heteroatoms. The van der Waals surface area contributed by atoms with E-state index in [0.29, 0.717) is 26.1 Å². The largest absolute Gasteiger partial charge is 0.466 e. The zero-order valence-corrected chi connectivity index (χ0v) is 8.77. The van der Waals surface area contributed by atoms with Crippen LogP contribution in [0.4, 0.5) is 0 Å². The number of carbonyl (C=O) groups excluding carboxylic acids is 1. The van der Waals surface area contributed by atoms with Crippen molar-refractivity contribution >= 4 is 5.97 Å². The first-order valence-electron chi connectivity index (χ1n) is 4.96. The van der Waals surface area contributed by atoms with Crippen LogP contribution < -0.4 is 5.32 Å². The van der Waals surface area contributed by atoms with Crippen LogP contribution in [0, 0.1) is 0 Å². The average Bonchev–Trinajstić information content (AvgIpc) is 2.26. The third-order valence-electron chi connectivity index (χ3n) is 1.74. The minimum absolute atomic E-state index is 0.177. The number of carbonyl (C=O) groups is 1. The Morgan fingerprint density at radius 1 is 1.60 bits per heavy atom. The van der Waals surface area contributed by atoms with E-state index in [1.165, 1.54) is 0 Å². The third-order valence-corrected chi connectivity index (χ3v) is 1.74. The molecule has 0 unspecified atom stereocenters. The van der Waals surface area contributed by atoms with Crippen LogP contribution in [0.5, 0.6) is 0 Å². The Bertz CT molecular complexity index is 290. The quantitative estimate of drug-likeness (QED) is 0.546. The van der Waals surface area contributed by atoms with Gasteiger partial charge in [0.1, 0.15) is 0 Å². The monoisotopic (exact) mass is 209 g/mol. The standard InChI is InChI=1S/C10H15N3O2/c1-2-15-10(14)5-7-11-8-9-4-3-6-12-13-9/h3-4,6,11H,2,5,7-8H2,1H3. The molecule has 1 N–H and O–H groups in total. The van der Waals surface area contributed by atoms with Crippen LogP contribution in [0.2, 0.25) is 0 Å². The summed E-state index contributed by atoms with van der Waals surface area (Å²) in [5.41, 5.74) is 0.862. The Labute approximate surface area is 88.9 Å². The maximum atomic E-state index is 11.0. The van der Waals surface area contributed by atoms with E-state index in [2.05, 4.69) is 15.5 Å². The van der Waals surface area contributed by atoms with Crippen LogP contribution in [-0.2, 0) is 16.1 Å². The molecule has 0 aliphatic heterocycles. The SMILES string of the molecule is CCOC(=O)CCNCc1cccnn1. The Balaban J connectivity index is 2.10. The predicted octanol–water partition coefficient (Wildman–Crippen LogP) is 0.519. The molecule has 0 saturated carbocycles. The van der Waals surface area contributed by atoms with Crippen molar-refractivity contribution in [3.63, 3.8) is 0 Å². The molecular weight excluding hydrogens is 194 g/mol. The molecule has 0 aromatic carbocycles. The molecule has 0 fully saturated rings. The van der Waals surface area contributed by atoms with Crippen LogP contribution in [0.3, 0.4) is 0 Å². The topological polar surface area (TPSA) is 64.1 Å². The molecule has 0 atom stereocenters. The predicted molar refractivity (Wildman–Crippen MR) is 55.0 cm³/mol. The lowest BCUT2D eigenvalue weighted by Gasteiger charge is -2.03. The Hall–Kier alpha value is -1.49. The van der Waals surface area contributed by atoms with Gasteiger partial charge in [-0.25, -0.2) is 0 Å². The van der Waals surface area contributed by atoms with Crippen molar-refractivity contribution in [3.8, 4) is 0 Å². The fraction of sp³-hybridized carbons (Fsp3) is 0.500. The van der Waals surface area contributed by atoms with Crippen molar-refractivity contribution in [1.29, 1.82) is 0 Å². The first-order chi connectivity index (χ1) is 7.33. The molecule has 1 aromatic heterocycles. The van der Waals surface area contributed by atoms with Gasteiger partial charge in [-0.15, -0.1) is 0 Å². The van der Waals surface area contributed by atoms with E-state index in [0.717, 1.165) is 5.69 Å². The van der Waals surface area contributed by atoms with E-state index in [-0.39, 0.29) is 5.97 Å². The van der Waals surface area contributed by atoms with Gasteiger partial charge in [0.05, 0.1) is 18.7 Å². The van der Waals surface area contributed by atoms with Gasteiger partial charge in [-0.05, 0) is 19.1 Å². The van der Waals surface area contributed by atoms with Gasteiger partial charge in [0, 0.05) is 19.3 Å². The molecule has 0 amide bonds. The van der Waals surface area contributed by atoms with Gasteiger partial charge in [-0.1, -0.05) is 0 Å². The molecule has 0 aliphatic carbocycles. The van der Waals surface area contributed by atoms with E-state index < -0.39 is 0 Å². The van der Waals surface area contributed by atoms with Crippen LogP contribution in [0.25, 0.3) is 0 Å². The lowest BCUT2D eigenvalue weighted by atomic mass is 10.3. The molecule has 0 aliphatic rings. The van der Waals surface area contributed by atoms with E-state index >= 15 is 0 Å². The van der Waals surface area contributed by atoms with Crippen molar-refractivity contribution in [3.05, 3.63) is 24.0 Å². The smallest absolute Gasteiger partial charge is 0.307 e. The van der Waals surface area contributed by atoms with Gasteiger partial charge in [-0.3, -0.25) is 4.79 Å². The molecule has 0 saturated heterocycles. The number of rotatable bonds is 6. The second kappa shape index (κ2) is 6.89. The fourth-order valence-corrected chi connectivity index (χ4v) is 1.07. The first kappa shape index (κ1) is 11.6. The number of aromatic nitrogens is 2. The summed E-state index contributed by atoms with van der Waals surface area (Å²) >= 11 is 0. The van der Waals surface area contributed by atoms with Gasteiger partial charge >= 0.3 is 5.97 Å². The zero-order chi connectivity index (χ0) is 10.9. The maximum absolute atomic E-state index is 11.0. The van der Waals surface area contributed by atoms with Crippen LogP contribution in [0.15, 0.2) is 18.3 Å². The third kappa shape index (κ3) is 5.07. The number of nitrogens with one attached hydrogen (secondary N) is 1. The summed E-state index contributed by atoms with van der Waals surface area (Å²) in [5.74, 6) is -0.177. The number of hydrogen-bond donors (Lipinski definition) is 1. The highest BCUT2D eigenvalue weighted by Gasteiger charge is 2.00. The first-order valence-corrected chi connectivity index (χ1v) is 4.96. The molecule has 1 heterocycles. The van der Waals surface area contributed by atoms with E-state index in [1.807, 2.05) is 12.1 Å². The molecule has 0 radical (unpaired) electrons. The Morgan fingerprint density at radius 2 is 2.47 bits per heavy atom. The molecule has 15 heavy (non-hydrogen) atoms. The lowest BCUT2D eigenvalue weighted by Crippen LogP contribution is -2.19. The fourth-order valence-electron chi connectivity index (χ4n) is 1.07. The number of nitrogens with zero attached hydrogens (tertiary/aromatic N) is 2. The van der Waals surface area contributed by atoms with Crippen molar-refractivity contribution in [1.82, 2.24) is 15.5 Å². The van der Waals surface area contributed by atoms with Crippen molar-refractivity contribution < 1.29 is 9.53 Å². The summed E-state index contributed by atoms with van der Waals surface area (Å²) in [5, 5.41) is 10.7. The van der Waals surface area contributed by atoms with Crippen molar-refractivity contribution in [2.75, 3.05) is 13.2 Å². The van der Waals surface area contributed by atoms with E-state index in [9.17, 15) is 4.79 Å². The summed E-state index contributed by atoms with van der Waals surface area (Å²) in [6.07, 6.45) is 2.01. The van der Waals surface area contributed by atoms with Crippen LogP contribution in [0.1, 0.15) is 19.0 Å². The van der Waals surface area contributed by atoms with Crippen LogP contribution >= 0.6 is 0 Å². The zero-order valence-electron chi connectivity index (χ0n) is 8.77. The minimum atomic E-state index is -0.177. The molecule has 82 valence electrons. The summed E-state index contributed by atoms with van der Waals surface area (Å²) in [6.45, 7) is 3.44. The summed E-state index contributed by atoms with van der Waals surface area (Å²) < 4.78 is 4.79. The van der Waals surface area contributed by atoms with E-state index in [1.54, 1.807) is 13.1 Å². The number of ether oxygens (including phenoxy) is 1. The highest BCUT2D eigenvalue weighted by atomic mass is 16.5. The van der Waals surface area contributed by atoms with Gasteiger partial charge in [0.15, 0.2) is 0 Å². The lowest BCUT2D eigenvalue weighted by molar-refractivity contribution is -0.142. The highest BCUT2D eigenvalue weighted by molar-refractivity contribution is 5.69. The Morgan fingerprint density at radius 3 is 3.13 bits per heavy atom. The second-order valence-corrected chi connectivity index (χ2v) is 2.95. The van der Waals surface area contributed by atoms with Gasteiger partial charge in [0.2, 0.25) is 0 Å². The molecule has 0 bridgehead atoms. The Kier molecular flexibility index (Phi) is 5.32. The summed E-state index contributed by atoms with van der Waals surface area (Å²) in [4.78, 5) is 11.0. The summed E-state index contributed by atoms with van der Waals surface area (Å²) in [7, 11) is 0. The molecule has 1 aromatic rings.